The van der Waals surface area contributed by atoms with Gasteiger partial charge in [0.1, 0.15) is 5.75 Å². The number of nitrogens with zero attached hydrogens (tertiary/aromatic N) is 1. The van der Waals surface area contributed by atoms with Crippen molar-refractivity contribution in [3.05, 3.63) is 108 Å². The second-order valence-corrected chi connectivity index (χ2v) is 7.81. The summed E-state index contributed by atoms with van der Waals surface area (Å²) in [4.78, 5) is 28.4. The number of para-hydroxylation sites is 2. The second-order valence-electron chi connectivity index (χ2n) is 7.81. The molecule has 2 amide bonds. The van der Waals surface area contributed by atoms with E-state index < -0.39 is 11.8 Å². The molecule has 1 fully saturated rings. The summed E-state index contributed by atoms with van der Waals surface area (Å²) in [7, 11) is 0. The van der Waals surface area contributed by atoms with Crippen molar-refractivity contribution in [3.8, 4) is 5.75 Å². The van der Waals surface area contributed by atoms with Crippen molar-refractivity contribution in [1.82, 2.24) is 0 Å². The van der Waals surface area contributed by atoms with Crippen LogP contribution in [0.25, 0.3) is 0 Å². The molecule has 1 saturated heterocycles. The molecule has 1 heterocycles. The molecule has 0 bridgehead atoms. The molecular weight excluding hydrogens is 374 g/mol. The van der Waals surface area contributed by atoms with Crippen LogP contribution in [-0.4, -0.2) is 16.9 Å². The van der Waals surface area contributed by atoms with E-state index in [0.29, 0.717) is 0 Å². The third-order valence-electron chi connectivity index (χ3n) is 6.19. The third kappa shape index (κ3) is 2.84. The van der Waals surface area contributed by atoms with Gasteiger partial charge in [-0.15, -0.1) is 0 Å². The molecule has 0 spiro atoms. The monoisotopic (exact) mass is 395 g/mol. The molecule has 148 valence electrons. The zero-order valence-corrected chi connectivity index (χ0v) is 16.3. The quantitative estimate of drug-likeness (QED) is 0.519. The van der Waals surface area contributed by atoms with Crippen LogP contribution in [0.2, 0.25) is 0 Å². The van der Waals surface area contributed by atoms with Crippen LogP contribution in [0.1, 0.15) is 23.0 Å². The maximum Gasteiger partial charge on any atom is 0.238 e. The van der Waals surface area contributed by atoms with Crippen molar-refractivity contribution in [2.45, 2.75) is 11.8 Å². The predicted octanol–water partition coefficient (Wildman–Crippen LogP) is 4.64. The van der Waals surface area contributed by atoms with Crippen LogP contribution in [0.4, 0.5) is 5.69 Å². The highest BCUT2D eigenvalue weighted by Crippen LogP contribution is 2.50. The summed E-state index contributed by atoms with van der Waals surface area (Å²) in [6.45, 7) is 0. The van der Waals surface area contributed by atoms with Gasteiger partial charge in [-0.25, -0.2) is 4.90 Å². The number of hydrogen-bond acceptors (Lipinski definition) is 3. The molecule has 0 radical (unpaired) electrons. The molecule has 0 unspecified atom stereocenters. The maximum absolute atomic E-state index is 13.6. The number of anilines is 1. The first-order valence-corrected chi connectivity index (χ1v) is 10.1. The minimum Gasteiger partial charge on any atom is -0.506 e. The molecule has 1 aliphatic carbocycles. The number of benzene rings is 3. The molecule has 3 aromatic carbocycles. The van der Waals surface area contributed by atoms with Crippen LogP contribution in [0, 0.1) is 11.8 Å². The summed E-state index contributed by atoms with van der Waals surface area (Å²) < 4.78 is 0. The van der Waals surface area contributed by atoms with E-state index in [-0.39, 0.29) is 35.1 Å². The van der Waals surface area contributed by atoms with Crippen molar-refractivity contribution in [2.75, 3.05) is 4.90 Å². The Bertz CT molecular complexity index is 1060. The first-order chi connectivity index (χ1) is 14.7. The lowest BCUT2D eigenvalue weighted by molar-refractivity contribution is -0.122. The van der Waals surface area contributed by atoms with Crippen molar-refractivity contribution < 1.29 is 14.7 Å². The first kappa shape index (κ1) is 18.4. The number of phenolic OH excluding ortho intramolecular Hbond substituents is 1. The Balaban J connectivity index is 1.65. The number of fused-ring (bicyclic) bond motifs is 1. The Morgan fingerprint density at radius 3 is 1.50 bits per heavy atom. The predicted molar refractivity (Wildman–Crippen MR) is 115 cm³/mol. The lowest BCUT2D eigenvalue weighted by atomic mass is 9.68. The fraction of sp³-hybridized carbons (Fsp3) is 0.154. The smallest absolute Gasteiger partial charge is 0.238 e. The van der Waals surface area contributed by atoms with Gasteiger partial charge >= 0.3 is 0 Å². The van der Waals surface area contributed by atoms with Gasteiger partial charge in [0.05, 0.1) is 17.5 Å². The Labute approximate surface area is 175 Å². The minimum absolute atomic E-state index is 0.0710. The van der Waals surface area contributed by atoms with Crippen LogP contribution >= 0.6 is 0 Å². The van der Waals surface area contributed by atoms with E-state index in [1.54, 1.807) is 18.2 Å². The van der Waals surface area contributed by atoms with E-state index in [0.717, 1.165) is 11.1 Å². The Morgan fingerprint density at radius 2 is 1.03 bits per heavy atom. The highest BCUT2D eigenvalue weighted by Gasteiger charge is 2.55. The Kier molecular flexibility index (Phi) is 4.47. The number of amides is 2. The third-order valence-corrected chi connectivity index (χ3v) is 6.19. The topological polar surface area (TPSA) is 57.6 Å². The second kappa shape index (κ2) is 7.30. The fourth-order valence-corrected chi connectivity index (χ4v) is 4.82. The number of carbonyl (C=O) groups excluding carboxylic acids is 2. The number of allylic oxidation sites excluding steroid dienone is 2. The van der Waals surface area contributed by atoms with E-state index in [1.165, 1.54) is 11.0 Å². The normalized spacial score (nSPS) is 25.4. The lowest BCUT2D eigenvalue weighted by Crippen LogP contribution is -2.31. The Hall–Kier alpha value is -3.66. The molecule has 1 aliphatic heterocycles. The van der Waals surface area contributed by atoms with Crippen LogP contribution < -0.4 is 4.90 Å². The minimum atomic E-state index is -0.519. The summed E-state index contributed by atoms with van der Waals surface area (Å²) in [5.41, 5.74) is 2.27. The molecule has 1 N–H and O–H groups in total. The van der Waals surface area contributed by atoms with Gasteiger partial charge in [0.25, 0.3) is 0 Å². The summed E-state index contributed by atoms with van der Waals surface area (Å²) >= 11 is 0. The molecule has 4 nitrogen and oxygen atoms in total. The van der Waals surface area contributed by atoms with E-state index in [4.69, 9.17) is 0 Å². The molecule has 4 heteroatoms. The summed E-state index contributed by atoms with van der Waals surface area (Å²) in [6, 6.07) is 26.2. The van der Waals surface area contributed by atoms with Crippen molar-refractivity contribution in [2.24, 2.45) is 11.8 Å². The lowest BCUT2D eigenvalue weighted by Gasteiger charge is -2.32. The highest BCUT2D eigenvalue weighted by molar-refractivity contribution is 6.23. The van der Waals surface area contributed by atoms with Crippen molar-refractivity contribution in [3.63, 3.8) is 0 Å². The average Bonchev–Trinajstić information content (AvgIpc) is 3.06. The van der Waals surface area contributed by atoms with E-state index in [2.05, 4.69) is 12.2 Å². The fourth-order valence-electron chi connectivity index (χ4n) is 4.82. The van der Waals surface area contributed by atoms with Gasteiger partial charge < -0.3 is 5.11 Å². The average molecular weight is 395 g/mol. The van der Waals surface area contributed by atoms with Gasteiger partial charge in [0, 0.05) is 11.8 Å². The molecule has 5 rings (SSSR count). The zero-order chi connectivity index (χ0) is 20.7. The van der Waals surface area contributed by atoms with Crippen LogP contribution in [0.3, 0.4) is 0 Å². The van der Waals surface area contributed by atoms with Gasteiger partial charge in [-0.1, -0.05) is 84.9 Å². The largest absolute Gasteiger partial charge is 0.506 e. The molecule has 4 atom stereocenters. The van der Waals surface area contributed by atoms with E-state index >= 15 is 0 Å². The molecule has 30 heavy (non-hydrogen) atoms. The van der Waals surface area contributed by atoms with Gasteiger partial charge in [0.15, 0.2) is 0 Å². The molecule has 0 saturated carbocycles. The van der Waals surface area contributed by atoms with Crippen LogP contribution in [0.15, 0.2) is 97.1 Å². The number of rotatable bonds is 3. The SMILES string of the molecule is O=C1[C@@H]2[C@H](C(=O)N1c1ccccc1O)[C@@H](c1ccccc1)C=C[C@@H]2c1ccccc1. The van der Waals surface area contributed by atoms with Gasteiger partial charge in [-0.05, 0) is 23.3 Å². The zero-order valence-electron chi connectivity index (χ0n) is 16.3. The van der Waals surface area contributed by atoms with E-state index in [1.807, 2.05) is 60.7 Å². The standard InChI is InChI=1S/C26H21NO3/c28-22-14-8-7-13-21(22)27-25(29)23-19(17-9-3-1-4-10-17)15-16-20(24(23)26(27)30)18-11-5-2-6-12-18/h1-16,19-20,23-24,28H/t19-,20-,23-,24+/m1/s1. The van der Waals surface area contributed by atoms with Crippen molar-refractivity contribution in [1.29, 1.82) is 0 Å². The Morgan fingerprint density at radius 1 is 0.600 bits per heavy atom. The van der Waals surface area contributed by atoms with Crippen LogP contribution in [0.5, 0.6) is 5.75 Å². The number of imide groups is 1. The van der Waals surface area contributed by atoms with Crippen molar-refractivity contribution >= 4 is 17.5 Å². The number of carbonyl (C=O) groups is 2. The summed E-state index contributed by atoms with van der Waals surface area (Å²) in [6.07, 6.45) is 4.13. The summed E-state index contributed by atoms with van der Waals surface area (Å²) in [5.74, 6) is -2.01. The van der Waals surface area contributed by atoms with Gasteiger partial charge in [-0.3, -0.25) is 9.59 Å². The maximum atomic E-state index is 13.6. The summed E-state index contributed by atoms with van der Waals surface area (Å²) in [5, 5.41) is 10.3. The first-order valence-electron chi connectivity index (χ1n) is 10.1. The molecule has 3 aromatic rings. The number of aromatic hydroxyl groups is 1. The van der Waals surface area contributed by atoms with E-state index in [9.17, 15) is 14.7 Å². The molecular formula is C26H21NO3. The molecule has 0 aromatic heterocycles. The number of hydrogen-bond donors (Lipinski definition) is 1. The molecule has 2 aliphatic rings. The van der Waals surface area contributed by atoms with Gasteiger partial charge in [0.2, 0.25) is 11.8 Å². The highest BCUT2D eigenvalue weighted by atomic mass is 16.3. The van der Waals surface area contributed by atoms with Crippen LogP contribution in [-0.2, 0) is 9.59 Å². The van der Waals surface area contributed by atoms with Gasteiger partial charge in [-0.2, -0.15) is 0 Å². The number of phenols is 1.